The van der Waals surface area contributed by atoms with Crippen LogP contribution in [0.1, 0.15) is 25.3 Å². The average Bonchev–Trinajstić information content (AvgIpc) is 3.32. The Labute approximate surface area is 150 Å². The Hall–Kier alpha value is -2.04. The summed E-state index contributed by atoms with van der Waals surface area (Å²) in [4.78, 5) is 23.9. The molecule has 2 amide bonds. The lowest BCUT2D eigenvalue weighted by molar-refractivity contribution is -0.118. The Bertz CT molecular complexity index is 799. The van der Waals surface area contributed by atoms with Gasteiger partial charge in [-0.1, -0.05) is 35.3 Å². The first-order valence-corrected chi connectivity index (χ1v) is 8.31. The van der Waals surface area contributed by atoms with Crippen molar-refractivity contribution in [3.05, 3.63) is 58.1 Å². The van der Waals surface area contributed by atoms with Gasteiger partial charge in [-0.15, -0.1) is 0 Å². The van der Waals surface area contributed by atoms with Crippen molar-refractivity contribution in [1.29, 1.82) is 0 Å². The summed E-state index contributed by atoms with van der Waals surface area (Å²) >= 11 is 12.1. The lowest BCUT2D eigenvalue weighted by Crippen LogP contribution is -2.28. The quantitative estimate of drug-likeness (QED) is 0.833. The number of benzene rings is 2. The first-order chi connectivity index (χ1) is 11.4. The van der Waals surface area contributed by atoms with Crippen molar-refractivity contribution in [2.45, 2.75) is 25.2 Å². The molecule has 1 aliphatic carbocycles. The highest BCUT2D eigenvalue weighted by Gasteiger charge is 2.51. The number of anilines is 2. The first kappa shape index (κ1) is 16.8. The number of halogens is 2. The molecule has 0 aliphatic heterocycles. The summed E-state index contributed by atoms with van der Waals surface area (Å²) < 4.78 is 0. The fourth-order valence-electron chi connectivity index (χ4n) is 2.68. The summed E-state index contributed by atoms with van der Waals surface area (Å²) in [6.45, 7) is 1.42. The minimum absolute atomic E-state index is 0.105. The zero-order valence-corrected chi connectivity index (χ0v) is 14.5. The fourth-order valence-corrected chi connectivity index (χ4v) is 2.98. The van der Waals surface area contributed by atoms with Crippen LogP contribution < -0.4 is 10.6 Å². The molecule has 0 saturated heterocycles. The van der Waals surface area contributed by atoms with Crippen LogP contribution in [0.4, 0.5) is 11.4 Å². The molecule has 0 spiro atoms. The van der Waals surface area contributed by atoms with Crippen molar-refractivity contribution in [1.82, 2.24) is 0 Å². The maximum Gasteiger partial charge on any atom is 0.235 e. The minimum Gasteiger partial charge on any atom is -0.326 e. The lowest BCUT2D eigenvalue weighted by atomic mass is 9.95. The van der Waals surface area contributed by atoms with Crippen LogP contribution in [-0.2, 0) is 15.0 Å². The molecular weight excluding hydrogens is 347 g/mol. The molecular formula is C18H16Cl2N2O2. The summed E-state index contributed by atoms with van der Waals surface area (Å²) in [5.74, 6) is -0.291. The van der Waals surface area contributed by atoms with Crippen LogP contribution in [0.5, 0.6) is 0 Å². The SMILES string of the molecule is CC(=O)Nc1ccc(Cl)c(NC(=O)C2(c3ccc(Cl)cc3)CC2)c1. The van der Waals surface area contributed by atoms with E-state index in [9.17, 15) is 9.59 Å². The summed E-state index contributed by atoms with van der Waals surface area (Å²) in [6, 6.07) is 12.3. The van der Waals surface area contributed by atoms with E-state index in [0.29, 0.717) is 21.4 Å². The zero-order chi connectivity index (χ0) is 17.3. The van der Waals surface area contributed by atoms with Gasteiger partial charge in [0.15, 0.2) is 0 Å². The molecule has 2 aromatic carbocycles. The van der Waals surface area contributed by atoms with E-state index in [1.54, 1.807) is 30.3 Å². The van der Waals surface area contributed by atoms with Gasteiger partial charge in [0, 0.05) is 17.6 Å². The third-order valence-corrected chi connectivity index (χ3v) is 4.70. The average molecular weight is 363 g/mol. The van der Waals surface area contributed by atoms with Crippen LogP contribution in [0.3, 0.4) is 0 Å². The Morgan fingerprint density at radius 2 is 1.67 bits per heavy atom. The Morgan fingerprint density at radius 3 is 2.25 bits per heavy atom. The maximum atomic E-state index is 12.8. The minimum atomic E-state index is -0.530. The van der Waals surface area contributed by atoms with Crippen molar-refractivity contribution in [3.63, 3.8) is 0 Å². The molecule has 6 heteroatoms. The van der Waals surface area contributed by atoms with E-state index in [1.165, 1.54) is 6.92 Å². The molecule has 124 valence electrons. The molecule has 2 aromatic rings. The second-order valence-corrected chi connectivity index (χ2v) is 6.76. The number of nitrogens with one attached hydrogen (secondary N) is 2. The standard InChI is InChI=1S/C18H16Cl2N2O2/c1-11(23)21-14-6-7-15(20)16(10-14)22-17(24)18(8-9-18)12-2-4-13(19)5-3-12/h2-7,10H,8-9H2,1H3,(H,21,23)(H,22,24). The maximum absolute atomic E-state index is 12.8. The van der Waals surface area contributed by atoms with Gasteiger partial charge in [0.2, 0.25) is 11.8 Å². The van der Waals surface area contributed by atoms with E-state index in [4.69, 9.17) is 23.2 Å². The van der Waals surface area contributed by atoms with Crippen LogP contribution in [0.15, 0.2) is 42.5 Å². The highest BCUT2D eigenvalue weighted by Crippen LogP contribution is 2.49. The van der Waals surface area contributed by atoms with Gasteiger partial charge in [-0.3, -0.25) is 9.59 Å². The molecule has 0 aromatic heterocycles. The van der Waals surface area contributed by atoms with Crippen molar-refractivity contribution in [2.24, 2.45) is 0 Å². The number of rotatable bonds is 4. The molecule has 2 N–H and O–H groups in total. The van der Waals surface area contributed by atoms with Gasteiger partial charge in [0.05, 0.1) is 16.1 Å². The summed E-state index contributed by atoms with van der Waals surface area (Å²) in [5.41, 5.74) is 1.48. The summed E-state index contributed by atoms with van der Waals surface area (Å²) in [6.07, 6.45) is 1.56. The number of hydrogen-bond acceptors (Lipinski definition) is 2. The van der Waals surface area contributed by atoms with Gasteiger partial charge < -0.3 is 10.6 Å². The van der Waals surface area contributed by atoms with Gasteiger partial charge in [-0.25, -0.2) is 0 Å². The molecule has 4 nitrogen and oxygen atoms in total. The largest absolute Gasteiger partial charge is 0.326 e. The molecule has 0 atom stereocenters. The Balaban J connectivity index is 1.82. The monoisotopic (exact) mass is 362 g/mol. The van der Waals surface area contributed by atoms with Crippen LogP contribution in [0.2, 0.25) is 10.0 Å². The van der Waals surface area contributed by atoms with Gasteiger partial charge in [0.1, 0.15) is 0 Å². The van der Waals surface area contributed by atoms with Gasteiger partial charge in [0.25, 0.3) is 0 Å². The number of amides is 2. The summed E-state index contributed by atoms with van der Waals surface area (Å²) in [5, 5.41) is 6.62. The molecule has 0 heterocycles. The number of hydrogen-bond donors (Lipinski definition) is 2. The van der Waals surface area contributed by atoms with E-state index in [1.807, 2.05) is 12.1 Å². The lowest BCUT2D eigenvalue weighted by Gasteiger charge is -2.17. The van der Waals surface area contributed by atoms with Crippen LogP contribution in [0, 0.1) is 0 Å². The highest BCUT2D eigenvalue weighted by molar-refractivity contribution is 6.34. The van der Waals surface area contributed by atoms with Gasteiger partial charge in [-0.05, 0) is 48.7 Å². The van der Waals surface area contributed by atoms with E-state index in [2.05, 4.69) is 10.6 Å². The van der Waals surface area contributed by atoms with E-state index >= 15 is 0 Å². The topological polar surface area (TPSA) is 58.2 Å². The Morgan fingerprint density at radius 1 is 1.00 bits per heavy atom. The third kappa shape index (κ3) is 3.40. The Kier molecular flexibility index (Phi) is 4.52. The van der Waals surface area contributed by atoms with Crippen LogP contribution in [0.25, 0.3) is 0 Å². The van der Waals surface area contributed by atoms with Gasteiger partial charge >= 0.3 is 0 Å². The normalized spacial score (nSPS) is 14.8. The molecule has 0 radical (unpaired) electrons. The van der Waals surface area contributed by atoms with E-state index < -0.39 is 5.41 Å². The molecule has 1 aliphatic rings. The molecule has 0 unspecified atom stereocenters. The second-order valence-electron chi connectivity index (χ2n) is 5.92. The number of carbonyl (C=O) groups is 2. The third-order valence-electron chi connectivity index (χ3n) is 4.12. The summed E-state index contributed by atoms with van der Waals surface area (Å²) in [7, 11) is 0. The van der Waals surface area contributed by atoms with E-state index in [-0.39, 0.29) is 11.8 Å². The van der Waals surface area contributed by atoms with Crippen molar-refractivity contribution in [3.8, 4) is 0 Å². The predicted octanol–water partition coefficient (Wildman–Crippen LogP) is 4.62. The molecule has 0 bridgehead atoms. The molecule has 1 saturated carbocycles. The van der Waals surface area contributed by atoms with Crippen molar-refractivity contribution in [2.75, 3.05) is 10.6 Å². The van der Waals surface area contributed by atoms with E-state index in [0.717, 1.165) is 18.4 Å². The van der Waals surface area contributed by atoms with Crippen LogP contribution >= 0.6 is 23.2 Å². The predicted molar refractivity (Wildman–Crippen MR) is 96.7 cm³/mol. The van der Waals surface area contributed by atoms with Crippen molar-refractivity contribution < 1.29 is 9.59 Å². The molecule has 3 rings (SSSR count). The van der Waals surface area contributed by atoms with Gasteiger partial charge in [-0.2, -0.15) is 0 Å². The molecule has 24 heavy (non-hydrogen) atoms. The zero-order valence-electron chi connectivity index (χ0n) is 13.0. The number of carbonyl (C=O) groups excluding carboxylic acids is 2. The first-order valence-electron chi connectivity index (χ1n) is 7.55. The highest BCUT2D eigenvalue weighted by atomic mass is 35.5. The second kappa shape index (κ2) is 6.46. The van der Waals surface area contributed by atoms with Crippen LogP contribution in [-0.4, -0.2) is 11.8 Å². The molecule has 1 fully saturated rings. The smallest absolute Gasteiger partial charge is 0.235 e. The van der Waals surface area contributed by atoms with Crippen molar-refractivity contribution >= 4 is 46.4 Å². The fraction of sp³-hybridized carbons (Fsp3) is 0.222.